The number of aromatic nitrogens is 4. The minimum Gasteiger partial charge on any atom is -0.487 e. The average molecular weight is 519 g/mol. The number of likely N-dealkylation sites (N-methyl/N-ethyl adjacent to an activating group) is 1. The second-order valence-corrected chi connectivity index (χ2v) is 8.05. The lowest BCUT2D eigenvalue weighted by Crippen LogP contribution is -2.57. The van der Waals surface area contributed by atoms with Crippen LogP contribution in [0.1, 0.15) is 17.1 Å². The number of benzene rings is 1. The van der Waals surface area contributed by atoms with Crippen LogP contribution < -0.4 is 15.7 Å². The molecule has 1 aromatic carbocycles. The molecule has 4 aromatic rings. The summed E-state index contributed by atoms with van der Waals surface area (Å²) in [6, 6.07) is 8.90. The maximum Gasteiger partial charge on any atom is 0.490 e. The smallest absolute Gasteiger partial charge is 0.487 e. The number of nitrogens with one attached hydrogen (secondary N) is 2. The van der Waals surface area contributed by atoms with Crippen LogP contribution in [0.3, 0.4) is 0 Å². The Morgan fingerprint density at radius 2 is 1.92 bits per heavy atom. The molecule has 0 aliphatic carbocycles. The van der Waals surface area contributed by atoms with Crippen LogP contribution in [0.25, 0.3) is 22.2 Å². The molecule has 0 saturated heterocycles. The Bertz CT molecular complexity index is 1540. The molecular formula is C23H20F3N5O6. The number of halogens is 3. The number of carboxylic acids is 1. The molecular weight excluding hydrogens is 499 g/mol. The zero-order valence-electron chi connectivity index (χ0n) is 19.6. The topological polar surface area (TPSA) is 152 Å². The number of hydrogen-bond acceptors (Lipinski definition) is 7. The van der Waals surface area contributed by atoms with Gasteiger partial charge in [0, 0.05) is 18.8 Å². The molecule has 3 aromatic heterocycles. The van der Waals surface area contributed by atoms with Gasteiger partial charge in [-0.3, -0.25) is 14.3 Å². The largest absolute Gasteiger partial charge is 0.490 e. The number of alkyl halides is 3. The quantitative estimate of drug-likeness (QED) is 0.373. The number of H-pyrrole nitrogens is 1. The van der Waals surface area contributed by atoms with Crippen molar-refractivity contribution in [2.75, 3.05) is 13.7 Å². The summed E-state index contributed by atoms with van der Waals surface area (Å²) in [4.78, 5) is 42.4. The number of rotatable bonds is 3. The SMILES string of the molecule is CNC(=O)C1(c2ccccn2)COc2c(-c3c(C)noc3C)ccc3[nH]c(=O)n1c23.O=C(O)C(F)(F)F. The van der Waals surface area contributed by atoms with Gasteiger partial charge in [0.25, 0.3) is 5.91 Å². The molecule has 37 heavy (non-hydrogen) atoms. The Balaban J connectivity index is 0.000000405. The van der Waals surface area contributed by atoms with E-state index in [9.17, 15) is 22.8 Å². The van der Waals surface area contributed by atoms with Crippen LogP contribution in [0.4, 0.5) is 13.2 Å². The maximum absolute atomic E-state index is 13.2. The van der Waals surface area contributed by atoms with E-state index < -0.39 is 29.3 Å². The molecule has 1 aliphatic heterocycles. The van der Waals surface area contributed by atoms with Gasteiger partial charge in [-0.25, -0.2) is 9.59 Å². The van der Waals surface area contributed by atoms with E-state index in [-0.39, 0.29) is 6.61 Å². The van der Waals surface area contributed by atoms with Gasteiger partial charge >= 0.3 is 17.8 Å². The number of carbonyl (C=O) groups excluding carboxylic acids is 1. The highest BCUT2D eigenvalue weighted by Crippen LogP contribution is 2.44. The number of carbonyl (C=O) groups is 2. The molecule has 3 N–H and O–H groups in total. The van der Waals surface area contributed by atoms with Gasteiger partial charge in [0.2, 0.25) is 5.54 Å². The van der Waals surface area contributed by atoms with Crippen molar-refractivity contribution in [2.45, 2.75) is 25.6 Å². The molecule has 5 rings (SSSR count). The van der Waals surface area contributed by atoms with E-state index in [4.69, 9.17) is 19.2 Å². The van der Waals surface area contributed by atoms with Crippen LogP contribution in [0.2, 0.25) is 0 Å². The van der Waals surface area contributed by atoms with Gasteiger partial charge in [-0.15, -0.1) is 0 Å². The van der Waals surface area contributed by atoms with Crippen LogP contribution in [0.5, 0.6) is 5.75 Å². The lowest BCUT2D eigenvalue weighted by molar-refractivity contribution is -0.192. The second kappa shape index (κ2) is 9.11. The van der Waals surface area contributed by atoms with Crippen molar-refractivity contribution in [3.8, 4) is 16.9 Å². The number of nitrogens with zero attached hydrogens (tertiary/aromatic N) is 3. The summed E-state index contributed by atoms with van der Waals surface area (Å²) in [6.07, 6.45) is -3.50. The Labute approximate surface area is 205 Å². The fourth-order valence-electron chi connectivity index (χ4n) is 4.27. The molecule has 0 fully saturated rings. The highest BCUT2D eigenvalue weighted by Gasteiger charge is 2.49. The van der Waals surface area contributed by atoms with Crippen LogP contribution in [0, 0.1) is 13.8 Å². The number of ether oxygens (including phenoxy) is 1. The summed E-state index contributed by atoms with van der Waals surface area (Å²) in [5, 5.41) is 13.8. The van der Waals surface area contributed by atoms with Gasteiger partial charge in [0.15, 0.2) is 5.75 Å². The first kappa shape index (κ1) is 25.5. The number of imidazole rings is 1. The van der Waals surface area contributed by atoms with Crippen molar-refractivity contribution in [2.24, 2.45) is 0 Å². The molecule has 0 radical (unpaired) electrons. The van der Waals surface area contributed by atoms with Crippen molar-refractivity contribution >= 4 is 22.9 Å². The van der Waals surface area contributed by atoms with E-state index in [1.165, 1.54) is 11.6 Å². The first-order valence-corrected chi connectivity index (χ1v) is 10.7. The molecule has 0 saturated carbocycles. The molecule has 0 spiro atoms. The third-order valence-corrected chi connectivity index (χ3v) is 5.84. The predicted octanol–water partition coefficient (Wildman–Crippen LogP) is 2.51. The highest BCUT2D eigenvalue weighted by molar-refractivity contribution is 5.96. The minimum atomic E-state index is -5.08. The van der Waals surface area contributed by atoms with Gasteiger partial charge in [0.05, 0.1) is 22.5 Å². The number of aromatic amines is 1. The Morgan fingerprint density at radius 1 is 1.22 bits per heavy atom. The van der Waals surface area contributed by atoms with Crippen LogP contribution in [0.15, 0.2) is 45.8 Å². The first-order chi connectivity index (χ1) is 17.4. The van der Waals surface area contributed by atoms with Crippen molar-refractivity contribution in [3.63, 3.8) is 0 Å². The molecule has 4 heterocycles. The van der Waals surface area contributed by atoms with E-state index >= 15 is 0 Å². The number of aryl methyl sites for hydroxylation is 2. The summed E-state index contributed by atoms with van der Waals surface area (Å²) in [6.45, 7) is 3.57. The summed E-state index contributed by atoms with van der Waals surface area (Å²) in [5.74, 6) is -2.01. The fraction of sp³-hybridized carbons (Fsp3) is 0.261. The van der Waals surface area contributed by atoms with Crippen LogP contribution >= 0.6 is 0 Å². The van der Waals surface area contributed by atoms with E-state index in [2.05, 4.69) is 20.4 Å². The Morgan fingerprint density at radius 3 is 2.46 bits per heavy atom. The normalized spacial score (nSPS) is 16.5. The zero-order chi connectivity index (χ0) is 27.1. The third kappa shape index (κ3) is 4.09. The number of amides is 1. The molecule has 1 atom stereocenters. The molecule has 14 heteroatoms. The molecule has 0 bridgehead atoms. The third-order valence-electron chi connectivity index (χ3n) is 5.84. The number of aliphatic carboxylic acids is 1. The lowest BCUT2D eigenvalue weighted by atomic mass is 9.91. The highest BCUT2D eigenvalue weighted by atomic mass is 19.4. The Kier molecular flexibility index (Phi) is 6.27. The van der Waals surface area contributed by atoms with Gasteiger partial charge < -0.3 is 24.7 Å². The van der Waals surface area contributed by atoms with E-state index in [0.29, 0.717) is 33.9 Å². The van der Waals surface area contributed by atoms with Crippen molar-refractivity contribution < 1.29 is 37.1 Å². The number of carboxylic acid groups (broad SMARTS) is 1. The second-order valence-electron chi connectivity index (χ2n) is 8.05. The summed E-state index contributed by atoms with van der Waals surface area (Å²) in [7, 11) is 1.53. The zero-order valence-corrected chi connectivity index (χ0v) is 19.6. The maximum atomic E-state index is 13.2. The predicted molar refractivity (Wildman–Crippen MR) is 122 cm³/mol. The van der Waals surface area contributed by atoms with Crippen molar-refractivity contribution in [1.29, 1.82) is 0 Å². The first-order valence-electron chi connectivity index (χ1n) is 10.7. The summed E-state index contributed by atoms with van der Waals surface area (Å²) < 4.78 is 44.7. The molecule has 194 valence electrons. The number of pyridine rings is 1. The average Bonchev–Trinajstić information content (AvgIpc) is 3.39. The molecule has 1 aliphatic rings. The van der Waals surface area contributed by atoms with E-state index in [1.54, 1.807) is 30.5 Å². The fourth-order valence-corrected chi connectivity index (χ4v) is 4.27. The summed E-state index contributed by atoms with van der Waals surface area (Å²) in [5.41, 5.74) is 1.88. The molecule has 11 nitrogen and oxygen atoms in total. The van der Waals surface area contributed by atoms with Crippen molar-refractivity contribution in [3.05, 3.63) is 64.2 Å². The van der Waals surface area contributed by atoms with Crippen molar-refractivity contribution in [1.82, 2.24) is 25.0 Å². The Hall–Kier alpha value is -4.62. The van der Waals surface area contributed by atoms with E-state index in [0.717, 1.165) is 11.1 Å². The molecule has 1 unspecified atom stereocenters. The lowest BCUT2D eigenvalue weighted by Gasteiger charge is -2.36. The van der Waals surface area contributed by atoms with Gasteiger partial charge in [-0.1, -0.05) is 11.2 Å². The van der Waals surface area contributed by atoms with Gasteiger partial charge in [0.1, 0.15) is 17.9 Å². The van der Waals surface area contributed by atoms with Crippen LogP contribution in [-0.2, 0) is 15.1 Å². The number of hydrogen-bond donors (Lipinski definition) is 3. The van der Waals surface area contributed by atoms with Gasteiger partial charge in [-0.2, -0.15) is 13.2 Å². The molecule has 1 amide bonds. The standard InChI is InChI=1S/C21H19N5O4.C2HF3O2/c1-11-16(12(2)30-25-11)13-7-8-14-17-18(13)29-10-21(19(27)22-3,26(17)20(28)24-14)15-6-4-5-9-23-15;3-2(4,5)1(6)7/h4-9H,10H2,1-3H3,(H,22,27)(H,24,28);(H,6,7). The minimum absolute atomic E-state index is 0.0933. The summed E-state index contributed by atoms with van der Waals surface area (Å²) >= 11 is 0. The van der Waals surface area contributed by atoms with E-state index in [1.807, 2.05) is 19.9 Å². The van der Waals surface area contributed by atoms with Crippen LogP contribution in [-0.4, -0.2) is 56.5 Å². The van der Waals surface area contributed by atoms with Gasteiger partial charge in [-0.05, 0) is 38.1 Å². The monoisotopic (exact) mass is 519 g/mol.